The van der Waals surface area contributed by atoms with Crippen molar-refractivity contribution >= 4 is 0 Å². The molecule has 0 aliphatic carbocycles. The molecule has 160 valence electrons. The minimum atomic E-state index is -2.49. The van der Waals surface area contributed by atoms with Crippen molar-refractivity contribution in [3.05, 3.63) is 75.9 Å². The summed E-state index contributed by atoms with van der Waals surface area (Å²) in [5.74, 6) is -23.9. The van der Waals surface area contributed by atoms with Gasteiger partial charge in [0.25, 0.3) is 0 Å². The Labute approximate surface area is 166 Å². The van der Waals surface area contributed by atoms with Gasteiger partial charge in [0.2, 0.25) is 11.6 Å². The monoisotopic (exact) mass is 450 g/mol. The molecule has 0 bridgehead atoms. The van der Waals surface area contributed by atoms with Crippen LogP contribution in [0.4, 0.5) is 43.9 Å². The van der Waals surface area contributed by atoms with Gasteiger partial charge >= 0.3 is 0 Å². The Kier molecular flexibility index (Phi) is 5.62. The summed E-state index contributed by atoms with van der Waals surface area (Å²) in [6.45, 7) is 0. The van der Waals surface area contributed by atoms with Crippen LogP contribution in [0.3, 0.4) is 0 Å². The summed E-state index contributed by atoms with van der Waals surface area (Å²) in [5.41, 5.74) is -5.77. The smallest absolute Gasteiger partial charge is 0.200 e. The first kappa shape index (κ1) is 22.1. The molecule has 0 radical (unpaired) electrons. The summed E-state index contributed by atoms with van der Waals surface area (Å²) >= 11 is 0. The Morgan fingerprint density at radius 3 is 1.13 bits per heavy atom. The molecule has 3 rings (SSSR count). The maximum absolute atomic E-state index is 14.1. The van der Waals surface area contributed by atoms with E-state index in [0.29, 0.717) is 12.1 Å². The number of halogens is 10. The first-order valence-electron chi connectivity index (χ1n) is 7.92. The van der Waals surface area contributed by atoms with E-state index in [-0.39, 0.29) is 5.56 Å². The highest BCUT2D eigenvalue weighted by Gasteiger charge is 2.30. The molecule has 1 aromatic heterocycles. The summed E-state index contributed by atoms with van der Waals surface area (Å²) in [4.78, 5) is 3.34. The van der Waals surface area contributed by atoms with Gasteiger partial charge in [-0.25, -0.2) is 48.9 Å². The van der Waals surface area contributed by atoms with Crippen LogP contribution in [-0.2, 0) is 6.42 Å². The molecule has 0 aliphatic rings. The largest absolute Gasteiger partial charge is 0.247 e. The normalized spacial score (nSPS) is 11.0. The van der Waals surface area contributed by atoms with Crippen molar-refractivity contribution in [3.63, 3.8) is 0 Å². The zero-order valence-corrected chi connectivity index (χ0v) is 14.5. The van der Waals surface area contributed by atoms with Crippen molar-refractivity contribution in [1.82, 2.24) is 4.98 Å². The van der Waals surface area contributed by atoms with E-state index in [4.69, 9.17) is 5.26 Å². The number of benzene rings is 2. The van der Waals surface area contributed by atoms with Crippen LogP contribution >= 0.6 is 0 Å². The van der Waals surface area contributed by atoms with Crippen LogP contribution < -0.4 is 0 Å². The summed E-state index contributed by atoms with van der Waals surface area (Å²) in [6, 6.07) is 2.87. The van der Waals surface area contributed by atoms with E-state index in [0.717, 1.165) is 0 Å². The van der Waals surface area contributed by atoms with Gasteiger partial charge in [0, 0.05) is 0 Å². The van der Waals surface area contributed by atoms with Crippen LogP contribution in [0, 0.1) is 69.5 Å². The van der Waals surface area contributed by atoms with Crippen LogP contribution in [0.5, 0.6) is 0 Å². The molecule has 0 aliphatic heterocycles. The molecule has 12 heteroatoms. The highest BCUT2D eigenvalue weighted by Crippen LogP contribution is 2.35. The van der Waals surface area contributed by atoms with Crippen LogP contribution in [0.1, 0.15) is 5.56 Å². The third kappa shape index (κ3) is 3.45. The molecule has 2 nitrogen and oxygen atoms in total. The second kappa shape index (κ2) is 7.90. The van der Waals surface area contributed by atoms with E-state index >= 15 is 0 Å². The first-order valence-corrected chi connectivity index (χ1v) is 7.92. The van der Waals surface area contributed by atoms with Gasteiger partial charge in [0.05, 0.1) is 35.0 Å². The van der Waals surface area contributed by atoms with Gasteiger partial charge in [-0.3, -0.25) is 0 Å². The number of nitrogens with zero attached hydrogens (tertiary/aromatic N) is 2. The third-order valence-corrected chi connectivity index (χ3v) is 4.10. The molecule has 1 heterocycles. The van der Waals surface area contributed by atoms with Gasteiger partial charge in [-0.1, -0.05) is 0 Å². The van der Waals surface area contributed by atoms with Gasteiger partial charge in [0.1, 0.15) is 0 Å². The molecule has 0 saturated heterocycles. The second-order valence-electron chi connectivity index (χ2n) is 5.97. The van der Waals surface area contributed by atoms with Crippen molar-refractivity contribution in [2.75, 3.05) is 0 Å². The van der Waals surface area contributed by atoms with Gasteiger partial charge in [-0.05, 0) is 17.7 Å². The highest BCUT2D eigenvalue weighted by atomic mass is 19.2. The van der Waals surface area contributed by atoms with Gasteiger partial charge in [-0.15, -0.1) is 0 Å². The Bertz CT molecular complexity index is 1130. The predicted octanol–water partition coefficient (Wildman–Crippen LogP) is 5.87. The molecular formula is C19H4F10N2. The standard InChI is InChI=1S/C19H4F10N2/c20-10-8(11(21)15(25)18(28)14(10)24)6-3-5(1-2-30)4-7(31-6)9-12(22)16(26)19(29)17(27)13(9)23/h3-4H,1H2. The number of pyridine rings is 1. The van der Waals surface area contributed by atoms with Crippen LogP contribution in [0.25, 0.3) is 22.5 Å². The summed E-state index contributed by atoms with van der Waals surface area (Å²) in [6.07, 6.45) is -0.632. The molecular weight excluding hydrogens is 446 g/mol. The Balaban J connectivity index is 2.42. The number of nitriles is 1. The molecule has 31 heavy (non-hydrogen) atoms. The average molecular weight is 450 g/mol. The third-order valence-electron chi connectivity index (χ3n) is 4.10. The first-order chi connectivity index (χ1) is 14.5. The minimum absolute atomic E-state index is 0.324. The summed E-state index contributed by atoms with van der Waals surface area (Å²) in [7, 11) is 0. The van der Waals surface area contributed by atoms with E-state index in [2.05, 4.69) is 4.98 Å². The number of hydrogen-bond donors (Lipinski definition) is 0. The average Bonchev–Trinajstić information content (AvgIpc) is 2.74. The van der Waals surface area contributed by atoms with E-state index < -0.39 is 87.1 Å². The molecule has 2 aromatic carbocycles. The molecule has 0 N–H and O–H groups in total. The fraction of sp³-hybridized carbons (Fsp3) is 0.0526. The number of hydrogen-bond acceptors (Lipinski definition) is 2. The number of rotatable bonds is 3. The van der Waals surface area contributed by atoms with Gasteiger partial charge in [0.15, 0.2) is 46.5 Å². The Morgan fingerprint density at radius 1 is 0.548 bits per heavy atom. The van der Waals surface area contributed by atoms with Crippen LogP contribution in [0.15, 0.2) is 12.1 Å². The van der Waals surface area contributed by atoms with E-state index in [1.165, 1.54) is 0 Å². The lowest BCUT2D eigenvalue weighted by Crippen LogP contribution is -2.08. The van der Waals surface area contributed by atoms with Crippen LogP contribution in [-0.4, -0.2) is 4.98 Å². The SMILES string of the molecule is N#CCc1cc(-c2c(F)c(F)c(F)c(F)c2F)nc(-c2c(F)c(F)c(F)c(F)c2F)c1. The lowest BCUT2D eigenvalue weighted by Gasteiger charge is -2.13. The fourth-order valence-electron chi connectivity index (χ4n) is 2.70. The molecule has 0 amide bonds. The predicted molar refractivity (Wildman–Crippen MR) is 84.0 cm³/mol. The van der Waals surface area contributed by atoms with Crippen molar-refractivity contribution in [2.45, 2.75) is 6.42 Å². The molecule has 3 aromatic rings. The number of aromatic nitrogens is 1. The van der Waals surface area contributed by atoms with E-state index in [9.17, 15) is 43.9 Å². The maximum Gasteiger partial charge on any atom is 0.200 e. The van der Waals surface area contributed by atoms with Crippen molar-refractivity contribution in [1.29, 1.82) is 5.26 Å². The van der Waals surface area contributed by atoms with Crippen molar-refractivity contribution < 1.29 is 43.9 Å². The highest BCUT2D eigenvalue weighted by molar-refractivity contribution is 5.69. The quantitative estimate of drug-likeness (QED) is 0.284. The molecule has 0 saturated carbocycles. The lowest BCUT2D eigenvalue weighted by molar-refractivity contribution is 0.380. The molecule has 0 atom stereocenters. The zero-order chi connectivity index (χ0) is 23.2. The van der Waals surface area contributed by atoms with Crippen LogP contribution in [0.2, 0.25) is 0 Å². The molecule has 0 fully saturated rings. The zero-order valence-electron chi connectivity index (χ0n) is 14.5. The maximum atomic E-state index is 14.1. The Hall–Kier alpha value is -3.62. The van der Waals surface area contributed by atoms with E-state index in [1.807, 2.05) is 0 Å². The van der Waals surface area contributed by atoms with Crippen molar-refractivity contribution in [3.8, 4) is 28.6 Å². The van der Waals surface area contributed by atoms with E-state index in [1.54, 1.807) is 6.07 Å². The van der Waals surface area contributed by atoms with Gasteiger partial charge in [-0.2, -0.15) is 5.26 Å². The molecule has 0 unspecified atom stereocenters. The Morgan fingerprint density at radius 2 is 0.839 bits per heavy atom. The lowest BCUT2D eigenvalue weighted by atomic mass is 10.0. The summed E-state index contributed by atoms with van der Waals surface area (Å²) in [5, 5.41) is 8.80. The fourth-order valence-corrected chi connectivity index (χ4v) is 2.70. The van der Waals surface area contributed by atoms with Crippen molar-refractivity contribution in [2.24, 2.45) is 0 Å². The molecule has 0 spiro atoms. The second-order valence-corrected chi connectivity index (χ2v) is 5.97. The topological polar surface area (TPSA) is 36.7 Å². The summed E-state index contributed by atoms with van der Waals surface area (Å²) < 4.78 is 137. The van der Waals surface area contributed by atoms with Gasteiger partial charge < -0.3 is 0 Å². The minimum Gasteiger partial charge on any atom is -0.247 e.